The summed E-state index contributed by atoms with van der Waals surface area (Å²) in [5, 5.41) is 0. The molecule has 1 aromatic rings. The zero-order valence-corrected chi connectivity index (χ0v) is 13.3. The molecule has 1 heterocycles. The number of hydrogen-bond donors (Lipinski definition) is 1. The van der Waals surface area contributed by atoms with E-state index >= 15 is 0 Å². The first kappa shape index (κ1) is 14.8. The SMILES string of the molecule is CCCSCc1nc(N)c(Br)c(C(C)(C)C)n1. The standard InChI is InChI=1S/C12H20BrN3S/c1-5-6-17-7-8-15-10(12(2,3)4)9(13)11(14)16-8/h5-7H2,1-4H3,(H2,14,15,16). The lowest BCUT2D eigenvalue weighted by Crippen LogP contribution is -2.17. The molecule has 2 N–H and O–H groups in total. The molecule has 0 aliphatic rings. The molecule has 0 radical (unpaired) electrons. The molecular formula is C12H20BrN3S. The van der Waals surface area contributed by atoms with Gasteiger partial charge in [0.2, 0.25) is 0 Å². The van der Waals surface area contributed by atoms with Gasteiger partial charge in [-0.3, -0.25) is 0 Å². The van der Waals surface area contributed by atoms with E-state index in [0.29, 0.717) is 5.82 Å². The third-order valence-electron chi connectivity index (χ3n) is 2.21. The molecular weight excluding hydrogens is 298 g/mol. The Hall–Kier alpha value is -0.290. The summed E-state index contributed by atoms with van der Waals surface area (Å²) in [7, 11) is 0. The van der Waals surface area contributed by atoms with E-state index in [1.807, 2.05) is 11.8 Å². The smallest absolute Gasteiger partial charge is 0.141 e. The fraction of sp³-hybridized carbons (Fsp3) is 0.667. The molecule has 0 amide bonds. The van der Waals surface area contributed by atoms with Crippen molar-refractivity contribution < 1.29 is 0 Å². The van der Waals surface area contributed by atoms with Gasteiger partial charge in [0, 0.05) is 5.41 Å². The van der Waals surface area contributed by atoms with E-state index < -0.39 is 0 Å². The third kappa shape index (κ3) is 4.14. The number of rotatable bonds is 4. The molecule has 0 aromatic carbocycles. The molecule has 0 saturated carbocycles. The Balaban J connectivity index is 2.98. The maximum absolute atomic E-state index is 5.92. The monoisotopic (exact) mass is 317 g/mol. The van der Waals surface area contributed by atoms with Crippen molar-refractivity contribution in [3.8, 4) is 0 Å². The maximum atomic E-state index is 5.92. The van der Waals surface area contributed by atoms with E-state index in [-0.39, 0.29) is 5.41 Å². The Morgan fingerprint density at radius 2 is 1.94 bits per heavy atom. The van der Waals surface area contributed by atoms with Crippen molar-refractivity contribution in [2.75, 3.05) is 11.5 Å². The molecule has 1 rings (SSSR count). The highest BCUT2D eigenvalue weighted by atomic mass is 79.9. The molecule has 0 aliphatic carbocycles. The van der Waals surface area contributed by atoms with Crippen molar-refractivity contribution in [3.05, 3.63) is 16.0 Å². The van der Waals surface area contributed by atoms with Crippen LogP contribution < -0.4 is 5.73 Å². The van der Waals surface area contributed by atoms with Crippen LogP contribution >= 0.6 is 27.7 Å². The normalized spacial score (nSPS) is 11.8. The summed E-state index contributed by atoms with van der Waals surface area (Å²) < 4.78 is 0.828. The van der Waals surface area contributed by atoms with E-state index in [1.54, 1.807) is 0 Å². The number of aromatic nitrogens is 2. The molecule has 0 fully saturated rings. The van der Waals surface area contributed by atoms with Gasteiger partial charge in [-0.15, -0.1) is 0 Å². The number of thioether (sulfide) groups is 1. The maximum Gasteiger partial charge on any atom is 0.141 e. The second-order valence-electron chi connectivity index (χ2n) is 4.99. The van der Waals surface area contributed by atoms with Crippen LogP contribution in [0.4, 0.5) is 5.82 Å². The zero-order valence-electron chi connectivity index (χ0n) is 10.9. The topological polar surface area (TPSA) is 51.8 Å². The molecule has 0 saturated heterocycles. The molecule has 3 nitrogen and oxygen atoms in total. The van der Waals surface area contributed by atoms with E-state index in [9.17, 15) is 0 Å². The molecule has 96 valence electrons. The first-order valence-corrected chi connectivity index (χ1v) is 7.71. The molecule has 5 heteroatoms. The van der Waals surface area contributed by atoms with E-state index in [0.717, 1.165) is 27.5 Å². The van der Waals surface area contributed by atoms with Crippen molar-refractivity contribution in [1.82, 2.24) is 9.97 Å². The van der Waals surface area contributed by atoms with Crippen molar-refractivity contribution in [2.24, 2.45) is 0 Å². The zero-order chi connectivity index (χ0) is 13.1. The molecule has 1 aromatic heterocycles. The lowest BCUT2D eigenvalue weighted by atomic mass is 9.92. The number of hydrogen-bond acceptors (Lipinski definition) is 4. The minimum atomic E-state index is -0.0277. The van der Waals surface area contributed by atoms with Crippen molar-refractivity contribution in [1.29, 1.82) is 0 Å². The fourth-order valence-electron chi connectivity index (χ4n) is 1.38. The molecule has 0 unspecified atom stereocenters. The first-order valence-electron chi connectivity index (χ1n) is 5.76. The van der Waals surface area contributed by atoms with Gasteiger partial charge >= 0.3 is 0 Å². The van der Waals surface area contributed by atoms with Crippen molar-refractivity contribution in [3.63, 3.8) is 0 Å². The van der Waals surface area contributed by atoms with Gasteiger partial charge in [0.25, 0.3) is 0 Å². The summed E-state index contributed by atoms with van der Waals surface area (Å²) >= 11 is 5.32. The predicted molar refractivity (Wildman–Crippen MR) is 79.3 cm³/mol. The number of halogens is 1. The van der Waals surface area contributed by atoms with Crippen LogP contribution in [0, 0.1) is 0 Å². The van der Waals surface area contributed by atoms with Gasteiger partial charge in [-0.2, -0.15) is 11.8 Å². The van der Waals surface area contributed by atoms with Crippen LogP contribution in [0.15, 0.2) is 4.47 Å². The van der Waals surface area contributed by atoms with Crippen LogP contribution in [0.5, 0.6) is 0 Å². The highest BCUT2D eigenvalue weighted by Crippen LogP contribution is 2.31. The summed E-state index contributed by atoms with van der Waals surface area (Å²) in [6.45, 7) is 8.55. The van der Waals surface area contributed by atoms with Gasteiger partial charge in [-0.05, 0) is 28.1 Å². The minimum Gasteiger partial charge on any atom is -0.383 e. The van der Waals surface area contributed by atoms with Crippen LogP contribution in [0.1, 0.15) is 45.6 Å². The number of nitrogens with zero attached hydrogens (tertiary/aromatic N) is 2. The average molecular weight is 318 g/mol. The van der Waals surface area contributed by atoms with Gasteiger partial charge in [-0.1, -0.05) is 27.7 Å². The number of nitrogens with two attached hydrogens (primary N) is 1. The van der Waals surface area contributed by atoms with Crippen LogP contribution in [0.25, 0.3) is 0 Å². The lowest BCUT2D eigenvalue weighted by Gasteiger charge is -2.20. The van der Waals surface area contributed by atoms with Crippen molar-refractivity contribution >= 4 is 33.5 Å². The Bertz CT molecular complexity index is 388. The fourth-order valence-corrected chi connectivity index (χ4v) is 2.90. The summed E-state index contributed by atoms with van der Waals surface area (Å²) in [5.41, 5.74) is 6.87. The van der Waals surface area contributed by atoms with E-state index in [1.165, 1.54) is 6.42 Å². The first-order chi connectivity index (χ1) is 7.86. The second kappa shape index (κ2) is 6.05. The van der Waals surface area contributed by atoms with Gasteiger partial charge in [0.1, 0.15) is 11.6 Å². The van der Waals surface area contributed by atoms with Gasteiger partial charge in [0.05, 0.1) is 15.9 Å². The average Bonchev–Trinajstić information content (AvgIpc) is 2.21. The minimum absolute atomic E-state index is 0.0277. The molecule has 0 spiro atoms. The molecule has 17 heavy (non-hydrogen) atoms. The predicted octanol–water partition coefficient (Wildman–Crippen LogP) is 3.76. The van der Waals surface area contributed by atoms with Crippen molar-refractivity contribution in [2.45, 2.75) is 45.3 Å². The molecule has 0 bridgehead atoms. The van der Waals surface area contributed by atoms with Crippen LogP contribution in [0.3, 0.4) is 0 Å². The quantitative estimate of drug-likeness (QED) is 0.859. The van der Waals surface area contributed by atoms with Gasteiger partial charge in [-0.25, -0.2) is 9.97 Å². The summed E-state index contributed by atoms with van der Waals surface area (Å²) in [4.78, 5) is 8.94. The highest BCUT2D eigenvalue weighted by molar-refractivity contribution is 9.10. The Labute approximate surface area is 116 Å². The Morgan fingerprint density at radius 1 is 1.29 bits per heavy atom. The summed E-state index contributed by atoms with van der Waals surface area (Å²) in [5.74, 6) is 3.32. The van der Waals surface area contributed by atoms with Gasteiger partial charge in [0.15, 0.2) is 0 Å². The number of nitrogen functional groups attached to an aromatic ring is 1. The van der Waals surface area contributed by atoms with E-state index in [2.05, 4.69) is 53.6 Å². The molecule has 0 aliphatic heterocycles. The number of anilines is 1. The second-order valence-corrected chi connectivity index (χ2v) is 6.89. The van der Waals surface area contributed by atoms with Crippen LogP contribution in [0.2, 0.25) is 0 Å². The van der Waals surface area contributed by atoms with Gasteiger partial charge < -0.3 is 5.73 Å². The summed E-state index contributed by atoms with van der Waals surface area (Å²) in [6, 6.07) is 0. The highest BCUT2D eigenvalue weighted by Gasteiger charge is 2.22. The summed E-state index contributed by atoms with van der Waals surface area (Å²) in [6.07, 6.45) is 1.17. The third-order valence-corrected chi connectivity index (χ3v) is 4.15. The molecule has 0 atom stereocenters. The van der Waals surface area contributed by atoms with Crippen LogP contribution in [-0.4, -0.2) is 15.7 Å². The largest absolute Gasteiger partial charge is 0.383 e. The van der Waals surface area contributed by atoms with Crippen LogP contribution in [-0.2, 0) is 11.2 Å². The lowest BCUT2D eigenvalue weighted by molar-refractivity contribution is 0.561. The van der Waals surface area contributed by atoms with E-state index in [4.69, 9.17) is 5.73 Å². The Morgan fingerprint density at radius 3 is 2.47 bits per heavy atom. The Kier molecular flexibility index (Phi) is 5.25.